The molecule has 5 nitrogen and oxygen atoms in total. The summed E-state index contributed by atoms with van der Waals surface area (Å²) in [5.41, 5.74) is 7.72. The summed E-state index contributed by atoms with van der Waals surface area (Å²) in [5.74, 6) is 0.0749. The third-order valence-corrected chi connectivity index (χ3v) is 8.18. The molecule has 2 heterocycles. The molecular weight excluding hydrogens is 501 g/mol. The predicted octanol–water partition coefficient (Wildman–Crippen LogP) is 6.34. The van der Waals surface area contributed by atoms with E-state index in [0.717, 1.165) is 43.1 Å². The molecule has 0 unspecified atom stereocenters. The van der Waals surface area contributed by atoms with Crippen molar-refractivity contribution in [3.05, 3.63) is 82.0 Å². The zero-order valence-electron chi connectivity index (χ0n) is 22.4. The molecule has 1 fully saturated rings. The second-order valence-corrected chi connectivity index (χ2v) is 11.3. The smallest absolute Gasteiger partial charge is 0.386 e. The first-order chi connectivity index (χ1) is 18.4. The maximum atomic E-state index is 13.8. The van der Waals surface area contributed by atoms with Crippen LogP contribution in [0.3, 0.4) is 0 Å². The van der Waals surface area contributed by atoms with Gasteiger partial charge in [-0.3, -0.25) is 10.3 Å². The number of nitrogen functional groups attached to an aromatic ring is 1. The summed E-state index contributed by atoms with van der Waals surface area (Å²) < 4.78 is 41.5. The second-order valence-electron chi connectivity index (χ2n) is 11.3. The summed E-state index contributed by atoms with van der Waals surface area (Å²) in [6, 6.07) is 12.3. The van der Waals surface area contributed by atoms with Crippen LogP contribution in [0.1, 0.15) is 72.9 Å². The van der Waals surface area contributed by atoms with Gasteiger partial charge in [0, 0.05) is 42.0 Å². The van der Waals surface area contributed by atoms with Gasteiger partial charge in [-0.15, -0.1) is 0 Å². The highest BCUT2D eigenvalue weighted by atomic mass is 19.4. The molecule has 0 radical (unpaired) electrons. The van der Waals surface area contributed by atoms with Crippen molar-refractivity contribution in [2.75, 3.05) is 18.8 Å². The predicted molar refractivity (Wildman–Crippen MR) is 148 cm³/mol. The monoisotopic (exact) mass is 536 g/mol. The van der Waals surface area contributed by atoms with Gasteiger partial charge in [-0.1, -0.05) is 43.2 Å². The Labute approximate surface area is 227 Å². The van der Waals surface area contributed by atoms with Gasteiger partial charge in [0.25, 0.3) is 0 Å². The molecule has 4 N–H and O–H groups in total. The van der Waals surface area contributed by atoms with Crippen molar-refractivity contribution in [1.82, 2.24) is 9.88 Å². The number of rotatable bonds is 5. The van der Waals surface area contributed by atoms with Crippen LogP contribution in [0.2, 0.25) is 0 Å². The summed E-state index contributed by atoms with van der Waals surface area (Å²) >= 11 is 0. The van der Waals surface area contributed by atoms with Gasteiger partial charge in [0.1, 0.15) is 5.82 Å². The fourth-order valence-corrected chi connectivity index (χ4v) is 6.01. The van der Waals surface area contributed by atoms with Crippen LogP contribution in [0, 0.1) is 5.41 Å². The van der Waals surface area contributed by atoms with E-state index in [1.807, 2.05) is 6.07 Å². The Bertz CT molecular complexity index is 1390. The van der Waals surface area contributed by atoms with E-state index in [1.54, 1.807) is 12.3 Å². The minimum absolute atomic E-state index is 0.0508. The fourth-order valence-electron chi connectivity index (χ4n) is 6.01. The van der Waals surface area contributed by atoms with E-state index in [9.17, 15) is 18.3 Å². The number of halogens is 3. The van der Waals surface area contributed by atoms with E-state index >= 15 is 0 Å². The highest BCUT2D eigenvalue weighted by molar-refractivity contribution is 6.14. The lowest BCUT2D eigenvalue weighted by Crippen LogP contribution is -2.35. The Balaban J connectivity index is 1.44. The lowest BCUT2D eigenvalue weighted by atomic mass is 9.89. The number of nitrogens with zero attached hydrogens (tertiary/aromatic N) is 2. The summed E-state index contributed by atoms with van der Waals surface area (Å²) in [4.78, 5) is 6.93. The Morgan fingerprint density at radius 3 is 2.31 bits per heavy atom. The first-order valence-corrected chi connectivity index (χ1v) is 13.6. The molecule has 3 aromatic rings. The molecule has 0 spiro atoms. The number of nitrogens with two attached hydrogens (primary N) is 1. The van der Waals surface area contributed by atoms with Crippen molar-refractivity contribution in [3.63, 3.8) is 0 Å². The van der Waals surface area contributed by atoms with Crippen LogP contribution in [0.4, 0.5) is 19.0 Å². The van der Waals surface area contributed by atoms with Gasteiger partial charge >= 0.3 is 6.18 Å². The van der Waals surface area contributed by atoms with Gasteiger partial charge in [-0.2, -0.15) is 13.2 Å². The molecular formula is C31H35F3N4O. The van der Waals surface area contributed by atoms with Gasteiger partial charge in [0.15, 0.2) is 0 Å². The largest absolute Gasteiger partial charge is 0.416 e. The molecule has 0 bridgehead atoms. The number of hydrogen-bond donors (Lipinski definition) is 3. The normalized spacial score (nSPS) is 17.2. The van der Waals surface area contributed by atoms with Crippen LogP contribution in [0.5, 0.6) is 0 Å². The Morgan fingerprint density at radius 2 is 1.64 bits per heavy atom. The van der Waals surface area contributed by atoms with Gasteiger partial charge in [0.2, 0.25) is 0 Å². The topological polar surface area (TPSA) is 86.2 Å². The van der Waals surface area contributed by atoms with Crippen molar-refractivity contribution in [3.8, 4) is 11.1 Å². The number of alkyl halides is 3. The summed E-state index contributed by atoms with van der Waals surface area (Å²) in [7, 11) is 0. The number of nitrogens with one attached hydrogen (secondary N) is 1. The average Bonchev–Trinajstić information content (AvgIpc) is 3.34. The molecule has 1 aromatic heterocycles. The molecule has 2 aromatic carbocycles. The van der Waals surface area contributed by atoms with E-state index in [1.165, 1.54) is 62.8 Å². The highest BCUT2D eigenvalue weighted by Crippen LogP contribution is 2.38. The Hall–Kier alpha value is -3.23. The number of benzene rings is 2. The molecule has 39 heavy (non-hydrogen) atoms. The molecule has 0 saturated heterocycles. The van der Waals surface area contributed by atoms with Crippen molar-refractivity contribution in [1.29, 1.82) is 5.41 Å². The zero-order valence-corrected chi connectivity index (χ0v) is 22.4. The van der Waals surface area contributed by atoms with Crippen molar-refractivity contribution in [2.45, 2.75) is 70.2 Å². The van der Waals surface area contributed by atoms with Gasteiger partial charge in [-0.05, 0) is 73.9 Å². The first-order valence-electron chi connectivity index (χ1n) is 13.6. The summed E-state index contributed by atoms with van der Waals surface area (Å²) in [6.45, 7) is 4.73. The van der Waals surface area contributed by atoms with Crippen LogP contribution >= 0.6 is 0 Å². The SMILES string of the molecule is CC(C)(O)c1ccc(C(=N)c2cc(-c3ccc4c(c3)CCN(C3CCCC3)CC4)cnc2N)cc1C(F)(F)F. The molecule has 0 atom stereocenters. The molecule has 2 aliphatic rings. The quantitative estimate of drug-likeness (QED) is 0.332. The zero-order chi connectivity index (χ0) is 27.9. The lowest BCUT2D eigenvalue weighted by molar-refractivity contribution is -0.140. The maximum Gasteiger partial charge on any atom is 0.416 e. The van der Waals surface area contributed by atoms with Gasteiger partial charge in [0.05, 0.1) is 16.9 Å². The molecule has 206 valence electrons. The highest BCUT2D eigenvalue weighted by Gasteiger charge is 2.37. The minimum Gasteiger partial charge on any atom is -0.386 e. The van der Waals surface area contributed by atoms with Gasteiger partial charge in [-0.25, -0.2) is 4.98 Å². The fraction of sp³-hybridized carbons (Fsp3) is 0.419. The molecule has 1 saturated carbocycles. The van der Waals surface area contributed by atoms with Crippen LogP contribution in [0.25, 0.3) is 11.1 Å². The standard InChI is InChI=1S/C31H35F3N4O/c1-30(2,39)26-10-9-22(17-27(26)31(32,33)34)28(35)25-16-23(18-37-29(25)36)20-8-7-19-11-13-38(14-12-21(19)15-20)24-5-3-4-6-24/h7-10,15-18,24,35,39H,3-6,11-14H2,1-2H3,(H2,36,37). The Morgan fingerprint density at radius 1 is 0.949 bits per heavy atom. The average molecular weight is 537 g/mol. The maximum absolute atomic E-state index is 13.8. The van der Waals surface area contributed by atoms with Crippen molar-refractivity contribution in [2.24, 2.45) is 0 Å². The number of pyridine rings is 1. The Kier molecular flexibility index (Phi) is 7.29. The number of fused-ring (bicyclic) bond motifs is 1. The molecule has 1 aliphatic carbocycles. The third kappa shape index (κ3) is 5.72. The van der Waals surface area contributed by atoms with Crippen LogP contribution < -0.4 is 5.73 Å². The molecule has 8 heteroatoms. The molecule has 0 amide bonds. The van der Waals surface area contributed by atoms with E-state index in [-0.39, 0.29) is 28.2 Å². The summed E-state index contributed by atoms with van der Waals surface area (Å²) in [5, 5.41) is 19.0. The second kappa shape index (κ2) is 10.4. The van der Waals surface area contributed by atoms with E-state index in [2.05, 4.69) is 22.0 Å². The van der Waals surface area contributed by atoms with E-state index in [0.29, 0.717) is 6.04 Å². The summed E-state index contributed by atoms with van der Waals surface area (Å²) in [6.07, 6.45) is 4.17. The number of anilines is 1. The van der Waals surface area contributed by atoms with E-state index in [4.69, 9.17) is 11.1 Å². The van der Waals surface area contributed by atoms with Crippen LogP contribution in [-0.2, 0) is 24.6 Å². The number of aliphatic hydroxyl groups is 1. The number of aromatic nitrogens is 1. The van der Waals surface area contributed by atoms with Crippen molar-refractivity contribution < 1.29 is 18.3 Å². The molecule has 1 aliphatic heterocycles. The number of hydrogen-bond acceptors (Lipinski definition) is 5. The van der Waals surface area contributed by atoms with E-state index < -0.39 is 17.3 Å². The van der Waals surface area contributed by atoms with Crippen molar-refractivity contribution >= 4 is 11.5 Å². The van der Waals surface area contributed by atoms with Gasteiger partial charge < -0.3 is 10.8 Å². The third-order valence-electron chi connectivity index (χ3n) is 8.18. The first kappa shape index (κ1) is 27.3. The van der Waals surface area contributed by atoms with Crippen LogP contribution in [0.15, 0.2) is 48.7 Å². The van der Waals surface area contributed by atoms with Crippen LogP contribution in [-0.4, -0.2) is 39.8 Å². The lowest BCUT2D eigenvalue weighted by Gasteiger charge is -2.26. The minimum atomic E-state index is -4.69. The molecule has 5 rings (SSSR count).